The number of hydrogen-bond acceptors (Lipinski definition) is 3. The van der Waals surface area contributed by atoms with Gasteiger partial charge < -0.3 is 4.74 Å². The fourth-order valence-corrected chi connectivity index (χ4v) is 2.13. The van der Waals surface area contributed by atoms with Crippen molar-refractivity contribution in [1.82, 2.24) is 4.31 Å². The molecular weight excluding hydrogens is 226 g/mol. The predicted molar refractivity (Wildman–Crippen MR) is 63.6 cm³/mol. The zero-order chi connectivity index (χ0) is 12.0. The van der Waals surface area contributed by atoms with Crippen LogP contribution in [0.1, 0.15) is 5.56 Å². The molecule has 0 N–H and O–H groups in total. The first-order chi connectivity index (χ1) is 7.54. The molecule has 0 heterocycles. The lowest BCUT2D eigenvalue weighted by Gasteiger charge is -2.19. The lowest BCUT2D eigenvalue weighted by Crippen LogP contribution is -2.32. The van der Waals surface area contributed by atoms with Crippen molar-refractivity contribution in [3.8, 4) is 0 Å². The molecule has 0 fully saturated rings. The van der Waals surface area contributed by atoms with Gasteiger partial charge in [0, 0.05) is 20.2 Å². The Morgan fingerprint density at radius 3 is 2.38 bits per heavy atom. The fourth-order valence-electron chi connectivity index (χ4n) is 1.34. The molecular formula is C11H17NO3S. The molecule has 16 heavy (non-hydrogen) atoms. The minimum absolute atomic E-state index is 0.379. The molecule has 90 valence electrons. The molecule has 0 saturated heterocycles. The number of ether oxygens (including phenoxy) is 1. The normalized spacial score (nSPS) is 11.9. The van der Waals surface area contributed by atoms with Gasteiger partial charge in [0.05, 0.1) is 12.9 Å². The highest BCUT2D eigenvalue weighted by Crippen LogP contribution is 2.07. The van der Waals surface area contributed by atoms with Gasteiger partial charge in [-0.3, -0.25) is 0 Å². The molecule has 1 aromatic carbocycles. The monoisotopic (exact) mass is 243 g/mol. The SMILES string of the molecule is COCCN(Cc1ccccc1)S(C)(=O)=O. The average Bonchev–Trinajstić information content (AvgIpc) is 2.24. The van der Waals surface area contributed by atoms with E-state index in [2.05, 4.69) is 0 Å². The lowest BCUT2D eigenvalue weighted by molar-refractivity contribution is 0.177. The van der Waals surface area contributed by atoms with E-state index in [-0.39, 0.29) is 0 Å². The Morgan fingerprint density at radius 2 is 1.88 bits per heavy atom. The average molecular weight is 243 g/mol. The van der Waals surface area contributed by atoms with Crippen LogP contribution in [0.2, 0.25) is 0 Å². The molecule has 4 nitrogen and oxygen atoms in total. The molecule has 0 saturated carbocycles. The van der Waals surface area contributed by atoms with Crippen molar-refractivity contribution >= 4 is 10.0 Å². The number of nitrogens with zero attached hydrogens (tertiary/aromatic N) is 1. The molecule has 0 amide bonds. The minimum Gasteiger partial charge on any atom is -0.383 e. The summed E-state index contributed by atoms with van der Waals surface area (Å²) in [7, 11) is -1.62. The van der Waals surface area contributed by atoms with E-state index in [0.717, 1.165) is 5.56 Å². The quantitative estimate of drug-likeness (QED) is 0.751. The Labute approximate surface area is 96.9 Å². The van der Waals surface area contributed by atoms with Crippen molar-refractivity contribution in [2.24, 2.45) is 0 Å². The van der Waals surface area contributed by atoms with Gasteiger partial charge in [-0.25, -0.2) is 8.42 Å². The van der Waals surface area contributed by atoms with Crippen LogP contribution in [0.15, 0.2) is 30.3 Å². The van der Waals surface area contributed by atoms with E-state index in [9.17, 15) is 8.42 Å². The second-order valence-electron chi connectivity index (χ2n) is 3.57. The summed E-state index contributed by atoms with van der Waals surface area (Å²) in [6.45, 7) is 1.17. The van der Waals surface area contributed by atoms with Gasteiger partial charge in [-0.15, -0.1) is 0 Å². The van der Waals surface area contributed by atoms with Gasteiger partial charge in [0.1, 0.15) is 0 Å². The third-order valence-electron chi connectivity index (χ3n) is 2.22. The molecule has 0 aliphatic carbocycles. The molecule has 0 aromatic heterocycles. The maximum Gasteiger partial charge on any atom is 0.211 e. The third-order valence-corrected chi connectivity index (χ3v) is 3.47. The predicted octanol–water partition coefficient (Wildman–Crippen LogP) is 1.09. The highest BCUT2D eigenvalue weighted by atomic mass is 32.2. The molecule has 5 heteroatoms. The first-order valence-electron chi connectivity index (χ1n) is 5.02. The van der Waals surface area contributed by atoms with Gasteiger partial charge >= 0.3 is 0 Å². The molecule has 0 radical (unpaired) electrons. The van der Waals surface area contributed by atoms with E-state index in [4.69, 9.17) is 4.74 Å². The summed E-state index contributed by atoms with van der Waals surface area (Å²) < 4.78 is 29.3. The van der Waals surface area contributed by atoms with E-state index in [1.165, 1.54) is 10.6 Å². The standard InChI is InChI=1S/C11H17NO3S/c1-15-9-8-12(16(2,13)14)10-11-6-4-3-5-7-11/h3-7H,8-10H2,1-2H3. The Hall–Kier alpha value is -0.910. The Morgan fingerprint density at radius 1 is 1.25 bits per heavy atom. The number of benzene rings is 1. The van der Waals surface area contributed by atoms with Crippen LogP contribution in [-0.2, 0) is 21.3 Å². The van der Waals surface area contributed by atoms with E-state index in [1.807, 2.05) is 30.3 Å². The van der Waals surface area contributed by atoms with Crippen molar-refractivity contribution < 1.29 is 13.2 Å². The zero-order valence-corrected chi connectivity index (χ0v) is 10.4. The third kappa shape index (κ3) is 4.30. The van der Waals surface area contributed by atoms with Gasteiger partial charge in [0.2, 0.25) is 10.0 Å². The number of hydrogen-bond donors (Lipinski definition) is 0. The van der Waals surface area contributed by atoms with Crippen LogP contribution >= 0.6 is 0 Å². The number of sulfonamides is 1. The summed E-state index contributed by atoms with van der Waals surface area (Å²) in [5.41, 5.74) is 0.976. The van der Waals surface area contributed by atoms with Crippen LogP contribution in [0.3, 0.4) is 0 Å². The van der Waals surface area contributed by atoms with Crippen LogP contribution < -0.4 is 0 Å². The highest BCUT2D eigenvalue weighted by Gasteiger charge is 2.16. The van der Waals surface area contributed by atoms with Crippen molar-refractivity contribution in [3.05, 3.63) is 35.9 Å². The highest BCUT2D eigenvalue weighted by molar-refractivity contribution is 7.88. The second kappa shape index (κ2) is 5.98. The van der Waals surface area contributed by atoms with E-state index >= 15 is 0 Å². The maximum absolute atomic E-state index is 11.5. The maximum atomic E-state index is 11.5. The van der Waals surface area contributed by atoms with Crippen molar-refractivity contribution in [2.75, 3.05) is 26.5 Å². The largest absolute Gasteiger partial charge is 0.383 e. The summed E-state index contributed by atoms with van der Waals surface area (Å²) in [5.74, 6) is 0. The summed E-state index contributed by atoms with van der Waals surface area (Å²) in [6, 6.07) is 9.51. The zero-order valence-electron chi connectivity index (χ0n) is 9.59. The minimum atomic E-state index is -3.18. The van der Waals surface area contributed by atoms with Gasteiger partial charge in [0.15, 0.2) is 0 Å². The van der Waals surface area contributed by atoms with E-state index in [0.29, 0.717) is 19.7 Å². The van der Waals surface area contributed by atoms with Crippen LogP contribution in [0.5, 0.6) is 0 Å². The molecule has 0 spiro atoms. The summed E-state index contributed by atoms with van der Waals surface area (Å²) in [6.07, 6.45) is 1.21. The summed E-state index contributed by atoms with van der Waals surface area (Å²) in [4.78, 5) is 0. The fraction of sp³-hybridized carbons (Fsp3) is 0.455. The van der Waals surface area contributed by atoms with Crippen molar-refractivity contribution in [3.63, 3.8) is 0 Å². The molecule has 0 aliphatic heterocycles. The molecule has 0 bridgehead atoms. The first-order valence-corrected chi connectivity index (χ1v) is 6.87. The summed E-state index contributed by atoms with van der Waals surface area (Å²) in [5, 5.41) is 0. The number of methoxy groups -OCH3 is 1. The van der Waals surface area contributed by atoms with Crippen LogP contribution in [0.25, 0.3) is 0 Å². The summed E-state index contributed by atoms with van der Waals surface area (Å²) >= 11 is 0. The van der Waals surface area contributed by atoms with Crippen molar-refractivity contribution in [1.29, 1.82) is 0 Å². The lowest BCUT2D eigenvalue weighted by atomic mass is 10.2. The van der Waals surface area contributed by atoms with Crippen LogP contribution in [0.4, 0.5) is 0 Å². The van der Waals surface area contributed by atoms with E-state index in [1.54, 1.807) is 7.11 Å². The van der Waals surface area contributed by atoms with Crippen molar-refractivity contribution in [2.45, 2.75) is 6.54 Å². The Balaban J connectivity index is 2.72. The topological polar surface area (TPSA) is 46.6 Å². The van der Waals surface area contributed by atoms with Crippen LogP contribution in [0, 0.1) is 0 Å². The molecule has 1 aromatic rings. The van der Waals surface area contributed by atoms with E-state index < -0.39 is 10.0 Å². The van der Waals surface area contributed by atoms with Gasteiger partial charge in [-0.05, 0) is 5.56 Å². The second-order valence-corrected chi connectivity index (χ2v) is 5.56. The molecule has 0 atom stereocenters. The Kier molecular flexibility index (Phi) is 4.92. The van der Waals surface area contributed by atoms with Gasteiger partial charge in [-0.1, -0.05) is 30.3 Å². The van der Waals surface area contributed by atoms with Gasteiger partial charge in [-0.2, -0.15) is 4.31 Å². The Bertz CT molecular complexity index is 402. The molecule has 0 aliphatic rings. The molecule has 0 unspecified atom stereocenters. The first kappa shape index (κ1) is 13.2. The van der Waals surface area contributed by atoms with Gasteiger partial charge in [0.25, 0.3) is 0 Å². The smallest absolute Gasteiger partial charge is 0.211 e. The van der Waals surface area contributed by atoms with Crippen LogP contribution in [-0.4, -0.2) is 39.2 Å². The number of rotatable bonds is 6. The molecule has 1 rings (SSSR count).